The first kappa shape index (κ1) is 99.3. The van der Waals surface area contributed by atoms with Crippen LogP contribution in [0.2, 0.25) is 0 Å². The zero-order valence-corrected chi connectivity index (χ0v) is 64.4. The van der Waals surface area contributed by atoms with Crippen LogP contribution in [0.15, 0.2) is 60.7 Å². The van der Waals surface area contributed by atoms with E-state index in [0.29, 0.717) is 113 Å². The lowest BCUT2D eigenvalue weighted by Gasteiger charge is -2.13. The Balaban J connectivity index is -0.000000237. The Labute approximate surface area is 574 Å². The van der Waals surface area contributed by atoms with Crippen molar-refractivity contribution in [2.75, 3.05) is 40.6 Å². The van der Waals surface area contributed by atoms with E-state index in [-0.39, 0.29) is 71.4 Å². The topological polar surface area (TPSA) is 210 Å². The van der Waals surface area contributed by atoms with Crippen molar-refractivity contribution >= 4 is 47.8 Å². The molecule has 0 fully saturated rings. The van der Waals surface area contributed by atoms with Gasteiger partial charge in [0, 0.05) is 25.7 Å². The number of ether oxygens (including phenoxy) is 8. The molecule has 0 aromatic heterocycles. The molecular weight excluding hydrogens is 1190 g/mol. The molecule has 548 valence electrons. The van der Waals surface area contributed by atoms with Crippen LogP contribution in [0.3, 0.4) is 0 Å². The first-order valence-corrected chi connectivity index (χ1v) is 35.2. The molecular formula is C78H140O16. The summed E-state index contributed by atoms with van der Waals surface area (Å²) in [5, 5.41) is 0. The van der Waals surface area contributed by atoms with Gasteiger partial charge < -0.3 is 37.9 Å². The highest BCUT2D eigenvalue weighted by Gasteiger charge is 2.18. The van der Waals surface area contributed by atoms with E-state index in [0.717, 1.165) is 75.3 Å². The van der Waals surface area contributed by atoms with Crippen molar-refractivity contribution in [3.63, 3.8) is 0 Å². The van der Waals surface area contributed by atoms with E-state index in [1.54, 1.807) is 0 Å². The van der Waals surface area contributed by atoms with Crippen LogP contribution in [-0.4, -0.2) is 88.4 Å². The summed E-state index contributed by atoms with van der Waals surface area (Å²) >= 11 is 0. The first-order valence-electron chi connectivity index (χ1n) is 35.2. The molecule has 0 aliphatic carbocycles. The minimum atomic E-state index is -0.108. The van der Waals surface area contributed by atoms with Crippen LogP contribution in [0.25, 0.3) is 0 Å². The minimum Gasteiger partial charge on any atom is -0.469 e. The van der Waals surface area contributed by atoms with Gasteiger partial charge in [0.25, 0.3) is 0 Å². The summed E-state index contributed by atoms with van der Waals surface area (Å²) in [5.74, 6) is 4.01. The highest BCUT2D eigenvalue weighted by atomic mass is 16.6. The molecule has 0 amide bonds. The summed E-state index contributed by atoms with van der Waals surface area (Å²) < 4.78 is 39.0. The van der Waals surface area contributed by atoms with Gasteiger partial charge in [-0.3, -0.25) is 38.4 Å². The summed E-state index contributed by atoms with van der Waals surface area (Å²) in [6.45, 7) is 51.8. The van der Waals surface area contributed by atoms with Crippen molar-refractivity contribution in [1.82, 2.24) is 0 Å². The van der Waals surface area contributed by atoms with Crippen LogP contribution in [0.4, 0.5) is 0 Å². The van der Waals surface area contributed by atoms with Crippen LogP contribution >= 0.6 is 0 Å². The summed E-state index contributed by atoms with van der Waals surface area (Å²) in [7, 11) is 2.85. The second kappa shape index (κ2) is 67.2. The van der Waals surface area contributed by atoms with E-state index in [2.05, 4.69) is 120 Å². The molecule has 0 N–H and O–H groups in total. The van der Waals surface area contributed by atoms with Gasteiger partial charge in [0.05, 0.1) is 64.3 Å². The second-order valence-corrected chi connectivity index (χ2v) is 27.1. The molecule has 0 heterocycles. The van der Waals surface area contributed by atoms with Crippen LogP contribution in [0.1, 0.15) is 267 Å². The predicted molar refractivity (Wildman–Crippen MR) is 383 cm³/mol. The first-order chi connectivity index (χ1) is 44.0. The summed E-state index contributed by atoms with van der Waals surface area (Å²) in [6, 6.07) is 19.5. The van der Waals surface area contributed by atoms with Crippen LogP contribution in [0.5, 0.6) is 0 Å². The van der Waals surface area contributed by atoms with Gasteiger partial charge in [0.15, 0.2) is 0 Å². The maximum absolute atomic E-state index is 11.6. The van der Waals surface area contributed by atoms with E-state index >= 15 is 0 Å². The molecule has 2 aromatic rings. The van der Waals surface area contributed by atoms with E-state index < -0.39 is 0 Å². The third-order valence-electron chi connectivity index (χ3n) is 13.0. The zero-order valence-electron chi connectivity index (χ0n) is 64.4. The number of esters is 8. The third kappa shape index (κ3) is 76.9. The molecule has 0 saturated carbocycles. The van der Waals surface area contributed by atoms with E-state index in [1.165, 1.54) is 14.2 Å². The van der Waals surface area contributed by atoms with Gasteiger partial charge in [0.2, 0.25) is 0 Å². The average Bonchev–Trinajstić information content (AvgIpc) is 1.44. The van der Waals surface area contributed by atoms with Crippen molar-refractivity contribution in [3.8, 4) is 0 Å². The molecule has 0 spiro atoms. The maximum Gasteiger partial charge on any atom is 0.308 e. The molecule has 94 heavy (non-hydrogen) atoms. The normalized spacial score (nSPS) is 11.6. The molecule has 2 aromatic carbocycles. The van der Waals surface area contributed by atoms with Crippen molar-refractivity contribution in [1.29, 1.82) is 0 Å². The Morgan fingerprint density at radius 1 is 0.298 bits per heavy atom. The third-order valence-corrected chi connectivity index (χ3v) is 13.0. The fraction of sp³-hybridized carbons (Fsp3) is 0.744. The number of carbonyl (C=O) groups is 8. The molecule has 0 aliphatic rings. The maximum atomic E-state index is 11.6. The lowest BCUT2D eigenvalue weighted by Crippen LogP contribution is -2.16. The van der Waals surface area contributed by atoms with Gasteiger partial charge in [-0.1, -0.05) is 213 Å². The van der Waals surface area contributed by atoms with Gasteiger partial charge in [-0.25, -0.2) is 0 Å². The molecule has 0 bridgehead atoms. The molecule has 2 rings (SSSR count). The Morgan fingerprint density at radius 3 is 0.872 bits per heavy atom. The Morgan fingerprint density at radius 2 is 0.574 bits per heavy atom. The van der Waals surface area contributed by atoms with E-state index in [4.69, 9.17) is 28.4 Å². The summed E-state index contributed by atoms with van der Waals surface area (Å²) in [4.78, 5) is 88.1. The molecule has 0 saturated heterocycles. The van der Waals surface area contributed by atoms with Crippen molar-refractivity contribution in [3.05, 3.63) is 71.8 Å². The van der Waals surface area contributed by atoms with Crippen molar-refractivity contribution in [2.24, 2.45) is 71.0 Å². The van der Waals surface area contributed by atoms with E-state index in [1.807, 2.05) is 116 Å². The molecule has 16 nitrogen and oxygen atoms in total. The lowest BCUT2D eigenvalue weighted by atomic mass is 9.99. The largest absolute Gasteiger partial charge is 0.469 e. The average molecular weight is 1330 g/mol. The standard InChI is InChI=1S/C14H20O2.C13H18O2.C10H20O2.2C9H18O2.2C8H16O2.C7H14O2/c1-11(2)9-12(3)14(15)16-10-13-7-5-4-6-8-13;1-11(2)8-9-13(14)15-10-12-6-4-3-5-7-12;1-5-6-12-10(11)9(4)7-8(2)3;1-5-11-9(10)8(4)6-7(2)3;1-4-7-11-9(10)6-5-8(2)3;1-6(2)5-7(3)8(9)10-4;1-4-10-8(9)6-5-7(2)3;1-6(2)4-5-7(8)9-3/h4-8,11-12H,9-10H2,1-3H3;3-7,11H,8-10H2,1-2H3;8-9H,5-7H2,1-4H3;7-8H,5-6H2,1-4H3;8H,4-7H2,1-3H3;6-7H,5H2,1-4H3;7H,4-6H2,1-3H3;6H,4-5H2,1-3H3. The van der Waals surface area contributed by atoms with Crippen LogP contribution in [0, 0.1) is 71.0 Å². The van der Waals surface area contributed by atoms with Crippen LogP contribution in [-0.2, 0) is 89.5 Å². The summed E-state index contributed by atoms with van der Waals surface area (Å²) in [6.07, 6.45) is 11.3. The second-order valence-electron chi connectivity index (χ2n) is 27.1. The highest BCUT2D eigenvalue weighted by molar-refractivity contribution is 5.73. The van der Waals surface area contributed by atoms with Gasteiger partial charge in [0.1, 0.15) is 13.2 Å². The minimum absolute atomic E-state index is 0.0105. The molecule has 0 aliphatic heterocycles. The molecule has 4 unspecified atom stereocenters. The van der Waals surface area contributed by atoms with Crippen molar-refractivity contribution in [2.45, 2.75) is 269 Å². The predicted octanol–water partition coefficient (Wildman–Crippen LogP) is 19.2. The zero-order chi connectivity index (χ0) is 73.6. The van der Waals surface area contributed by atoms with Gasteiger partial charge >= 0.3 is 47.8 Å². The number of hydrogen-bond acceptors (Lipinski definition) is 16. The van der Waals surface area contributed by atoms with Crippen molar-refractivity contribution < 1.29 is 76.3 Å². The SMILES string of the molecule is CC(C)CC(C)C(=O)OCc1ccccc1.CC(C)CCC(=O)OCc1ccccc1.CCCOC(=O)C(C)CC(C)C.CCCOC(=O)CCC(C)C.CCOC(=O)C(C)CC(C)C.CCOC(=O)CCC(C)C.COC(=O)C(C)CC(C)C.COC(=O)CCC(C)C. The molecule has 16 heteroatoms. The summed E-state index contributed by atoms with van der Waals surface area (Å²) in [5.41, 5.74) is 2.07. The Bertz CT molecular complexity index is 2120. The number of methoxy groups -OCH3 is 2. The quantitative estimate of drug-likeness (QED) is 0.0471. The highest BCUT2D eigenvalue weighted by Crippen LogP contribution is 2.16. The fourth-order valence-corrected chi connectivity index (χ4v) is 7.97. The number of carbonyl (C=O) groups excluding carboxylic acids is 8. The molecule has 4 atom stereocenters. The fourth-order valence-electron chi connectivity index (χ4n) is 7.97. The monoisotopic (exact) mass is 1330 g/mol. The van der Waals surface area contributed by atoms with Gasteiger partial charge in [-0.05, 0) is 137 Å². The van der Waals surface area contributed by atoms with Gasteiger partial charge in [-0.2, -0.15) is 0 Å². The molecule has 0 radical (unpaired) electrons. The van der Waals surface area contributed by atoms with E-state index in [9.17, 15) is 38.4 Å². The number of benzene rings is 2. The smallest absolute Gasteiger partial charge is 0.308 e. The Kier molecular flexibility index (Phi) is 70.9. The lowest BCUT2D eigenvalue weighted by molar-refractivity contribution is -0.150. The van der Waals surface area contributed by atoms with Gasteiger partial charge in [-0.15, -0.1) is 0 Å². The number of rotatable bonds is 34. The van der Waals surface area contributed by atoms with Crippen LogP contribution < -0.4 is 0 Å². The number of hydrogen-bond donors (Lipinski definition) is 0. The Hall–Kier alpha value is -5.80.